The number of halogens is 1. The van der Waals surface area contributed by atoms with Crippen molar-refractivity contribution in [2.75, 3.05) is 7.11 Å². The van der Waals surface area contributed by atoms with E-state index in [1.54, 1.807) is 19.4 Å². The van der Waals surface area contributed by atoms with Crippen LogP contribution < -0.4 is 15.0 Å². The second-order valence-corrected chi connectivity index (χ2v) is 10.8. The van der Waals surface area contributed by atoms with E-state index >= 15 is 0 Å². The van der Waals surface area contributed by atoms with Gasteiger partial charge < -0.3 is 9.47 Å². The van der Waals surface area contributed by atoms with Gasteiger partial charge in [-0.1, -0.05) is 78.3 Å². The Labute approximate surface area is 248 Å². The highest BCUT2D eigenvalue weighted by atomic mass is 79.9. The molecule has 0 fully saturated rings. The van der Waals surface area contributed by atoms with Crippen LogP contribution >= 0.6 is 15.9 Å². The molecule has 0 radical (unpaired) electrons. The van der Waals surface area contributed by atoms with Gasteiger partial charge in [-0.2, -0.15) is 9.78 Å². The first-order chi connectivity index (χ1) is 19.9. The maximum atomic E-state index is 13.5. The fourth-order valence-corrected chi connectivity index (χ4v) is 5.21. The van der Waals surface area contributed by atoms with Gasteiger partial charge in [0.25, 0.3) is 5.56 Å². The molecule has 5 rings (SSSR count). The molecule has 41 heavy (non-hydrogen) atoms. The summed E-state index contributed by atoms with van der Waals surface area (Å²) in [7, 11) is 1.62. The summed E-state index contributed by atoms with van der Waals surface area (Å²) in [4.78, 5) is 18.3. The number of benzene rings is 4. The van der Waals surface area contributed by atoms with E-state index in [2.05, 4.69) is 58.8 Å². The molecule has 4 aromatic carbocycles. The Morgan fingerprint density at radius 3 is 2.63 bits per heavy atom. The Bertz CT molecular complexity index is 1820. The van der Waals surface area contributed by atoms with E-state index in [1.807, 2.05) is 55.5 Å². The maximum absolute atomic E-state index is 13.5. The van der Waals surface area contributed by atoms with E-state index in [-0.39, 0.29) is 11.5 Å². The van der Waals surface area contributed by atoms with Crippen LogP contribution in [0.2, 0.25) is 0 Å². The quantitative estimate of drug-likeness (QED) is 0.119. The second kappa shape index (κ2) is 12.5. The van der Waals surface area contributed by atoms with Gasteiger partial charge in [0.05, 0.1) is 24.2 Å². The number of aromatic nitrogens is 2. The molecule has 1 heterocycles. The summed E-state index contributed by atoms with van der Waals surface area (Å²) in [6.45, 7) is 8.44. The van der Waals surface area contributed by atoms with Crippen LogP contribution in [-0.2, 0) is 13.0 Å². The first-order valence-corrected chi connectivity index (χ1v) is 14.4. The van der Waals surface area contributed by atoms with E-state index in [0.717, 1.165) is 33.0 Å². The van der Waals surface area contributed by atoms with Crippen LogP contribution in [-0.4, -0.2) is 23.0 Å². The van der Waals surface area contributed by atoms with Gasteiger partial charge in [0.15, 0.2) is 11.5 Å². The number of fused-ring (bicyclic) bond motifs is 2. The molecule has 0 N–H and O–H groups in total. The lowest BCUT2D eigenvalue weighted by molar-refractivity contribution is 0.283. The highest BCUT2D eigenvalue weighted by Gasteiger charge is 2.17. The third kappa shape index (κ3) is 5.95. The van der Waals surface area contributed by atoms with Crippen molar-refractivity contribution < 1.29 is 9.47 Å². The first kappa shape index (κ1) is 28.3. The second-order valence-electron chi connectivity index (χ2n) is 9.93. The molecule has 0 unspecified atom stereocenters. The Morgan fingerprint density at radius 2 is 1.85 bits per heavy atom. The van der Waals surface area contributed by atoms with Gasteiger partial charge in [-0.15, -0.1) is 6.58 Å². The summed E-state index contributed by atoms with van der Waals surface area (Å²) >= 11 is 3.46. The molecule has 208 valence electrons. The van der Waals surface area contributed by atoms with Crippen molar-refractivity contribution in [2.24, 2.45) is 5.10 Å². The van der Waals surface area contributed by atoms with Crippen molar-refractivity contribution in [1.82, 2.24) is 9.66 Å². The van der Waals surface area contributed by atoms with Crippen LogP contribution in [0.25, 0.3) is 21.7 Å². The number of hydrogen-bond donors (Lipinski definition) is 0. The molecular formula is C34H32BrN3O3. The minimum Gasteiger partial charge on any atom is -0.493 e. The van der Waals surface area contributed by atoms with E-state index in [1.165, 1.54) is 10.1 Å². The topological polar surface area (TPSA) is 65.7 Å². The average Bonchev–Trinajstić information content (AvgIpc) is 2.99. The number of ether oxygens (including phenoxy) is 2. The molecule has 0 spiro atoms. The van der Waals surface area contributed by atoms with Crippen molar-refractivity contribution in [2.45, 2.75) is 39.2 Å². The molecular weight excluding hydrogens is 578 g/mol. The lowest BCUT2D eigenvalue weighted by atomic mass is 10.0. The normalized spacial score (nSPS) is 12.2. The summed E-state index contributed by atoms with van der Waals surface area (Å²) in [5.74, 6) is 1.91. The Morgan fingerprint density at radius 1 is 1.05 bits per heavy atom. The summed E-state index contributed by atoms with van der Waals surface area (Å²) in [6.07, 6.45) is 4.90. The van der Waals surface area contributed by atoms with Gasteiger partial charge in [0.1, 0.15) is 12.4 Å². The Kier molecular flexibility index (Phi) is 8.64. The lowest BCUT2D eigenvalue weighted by Gasteiger charge is -2.17. The van der Waals surface area contributed by atoms with Gasteiger partial charge in [-0.25, -0.2) is 4.98 Å². The standard InChI is InChI=1S/C34H32BrN3O3/c1-5-10-25-17-23(18-31(40-4)32(25)41-21-26-13-9-12-24-11-7-8-14-28(24)26)20-36-38-33(22(3)6-2)37-30-16-15-27(35)19-29(30)34(38)39/h5,7-9,11-20,22H,1,6,10,21H2,2-4H3/t22-/m0/s1. The van der Waals surface area contributed by atoms with Gasteiger partial charge in [0, 0.05) is 16.0 Å². The van der Waals surface area contributed by atoms with Crippen molar-refractivity contribution in [3.8, 4) is 11.5 Å². The van der Waals surface area contributed by atoms with Crippen LogP contribution in [0.5, 0.6) is 11.5 Å². The maximum Gasteiger partial charge on any atom is 0.282 e. The molecule has 0 amide bonds. The fraction of sp³-hybridized carbons (Fsp3) is 0.206. The zero-order chi connectivity index (χ0) is 28.9. The van der Waals surface area contributed by atoms with Gasteiger partial charge >= 0.3 is 0 Å². The molecule has 0 saturated heterocycles. The van der Waals surface area contributed by atoms with E-state index in [4.69, 9.17) is 14.5 Å². The molecule has 0 bridgehead atoms. The van der Waals surface area contributed by atoms with Crippen LogP contribution in [0.4, 0.5) is 0 Å². The summed E-state index contributed by atoms with van der Waals surface area (Å²) in [5.41, 5.74) is 3.22. The van der Waals surface area contributed by atoms with Gasteiger partial charge in [-0.3, -0.25) is 4.79 Å². The van der Waals surface area contributed by atoms with E-state index in [9.17, 15) is 4.79 Å². The summed E-state index contributed by atoms with van der Waals surface area (Å²) in [5, 5.41) is 7.47. The minimum absolute atomic E-state index is 0.0450. The molecule has 0 aliphatic carbocycles. The SMILES string of the molecule is C=CCc1cc(C=Nn2c([C@@H](C)CC)nc3ccc(Br)cc3c2=O)cc(OC)c1OCc1cccc2ccccc12. The highest BCUT2D eigenvalue weighted by molar-refractivity contribution is 9.10. The smallest absolute Gasteiger partial charge is 0.282 e. The van der Waals surface area contributed by atoms with Crippen molar-refractivity contribution >= 4 is 43.8 Å². The van der Waals surface area contributed by atoms with Crippen LogP contribution in [0.15, 0.2) is 99.8 Å². The number of hydrogen-bond acceptors (Lipinski definition) is 5. The number of rotatable bonds is 10. The van der Waals surface area contributed by atoms with E-state index in [0.29, 0.717) is 41.3 Å². The van der Waals surface area contributed by atoms with Crippen molar-refractivity contribution in [3.05, 3.63) is 123 Å². The highest BCUT2D eigenvalue weighted by Crippen LogP contribution is 2.34. The number of methoxy groups -OCH3 is 1. The molecule has 6 nitrogen and oxygen atoms in total. The van der Waals surface area contributed by atoms with Crippen LogP contribution in [0.3, 0.4) is 0 Å². The third-order valence-corrected chi connectivity index (χ3v) is 7.69. The molecule has 7 heteroatoms. The Hall–Kier alpha value is -4.23. The molecule has 0 aliphatic heterocycles. The largest absolute Gasteiger partial charge is 0.493 e. The van der Waals surface area contributed by atoms with Crippen LogP contribution in [0.1, 0.15) is 48.7 Å². The average molecular weight is 611 g/mol. The molecule has 5 aromatic rings. The van der Waals surface area contributed by atoms with E-state index < -0.39 is 0 Å². The van der Waals surface area contributed by atoms with Crippen molar-refractivity contribution in [3.63, 3.8) is 0 Å². The van der Waals surface area contributed by atoms with Gasteiger partial charge in [-0.05, 0) is 65.1 Å². The number of nitrogens with zero attached hydrogens (tertiary/aromatic N) is 3. The van der Waals surface area contributed by atoms with Crippen LogP contribution in [0, 0.1) is 0 Å². The predicted molar refractivity (Wildman–Crippen MR) is 171 cm³/mol. The minimum atomic E-state index is -0.212. The van der Waals surface area contributed by atoms with Crippen molar-refractivity contribution in [1.29, 1.82) is 0 Å². The van der Waals surface area contributed by atoms with Gasteiger partial charge in [0.2, 0.25) is 0 Å². The Balaban J connectivity index is 1.53. The first-order valence-electron chi connectivity index (χ1n) is 13.6. The molecule has 0 aliphatic rings. The number of allylic oxidation sites excluding steroid dienone is 1. The summed E-state index contributed by atoms with van der Waals surface area (Å²) in [6, 6.07) is 23.9. The molecule has 1 atom stereocenters. The summed E-state index contributed by atoms with van der Waals surface area (Å²) < 4.78 is 14.4. The lowest BCUT2D eigenvalue weighted by Crippen LogP contribution is -2.23. The zero-order valence-electron chi connectivity index (χ0n) is 23.4. The fourth-order valence-electron chi connectivity index (χ4n) is 4.85. The molecule has 1 aromatic heterocycles. The third-order valence-electron chi connectivity index (χ3n) is 7.20. The molecule has 0 saturated carbocycles. The monoisotopic (exact) mass is 609 g/mol. The predicted octanol–water partition coefficient (Wildman–Crippen LogP) is 8.02. The zero-order valence-corrected chi connectivity index (χ0v) is 25.0.